The van der Waals surface area contributed by atoms with E-state index in [0.29, 0.717) is 0 Å². The molecule has 0 aliphatic carbocycles. The third-order valence-electron chi connectivity index (χ3n) is 4.67. The lowest BCUT2D eigenvalue weighted by Crippen LogP contribution is -2.33. The van der Waals surface area contributed by atoms with Gasteiger partial charge in [-0.1, -0.05) is 29.8 Å². The van der Waals surface area contributed by atoms with Gasteiger partial charge in [-0.2, -0.15) is 17.5 Å². The Labute approximate surface area is 183 Å². The van der Waals surface area contributed by atoms with Gasteiger partial charge >= 0.3 is 6.18 Å². The number of alkyl halides is 3. The molecule has 0 bridgehead atoms. The smallest absolute Gasteiger partial charge is 0.387 e. The first-order valence-electron chi connectivity index (χ1n) is 9.16. The third-order valence-corrected chi connectivity index (χ3v) is 7.03. The summed E-state index contributed by atoms with van der Waals surface area (Å²) >= 11 is 6.02. The van der Waals surface area contributed by atoms with Crippen LogP contribution in [0.1, 0.15) is 41.4 Å². The second-order valence-corrected chi connectivity index (χ2v) is 9.47. The summed E-state index contributed by atoms with van der Waals surface area (Å²) in [5, 5.41) is 12.4. The number of benzene rings is 2. The Kier molecular flexibility index (Phi) is 7.75. The van der Waals surface area contributed by atoms with E-state index in [9.17, 15) is 31.5 Å². The van der Waals surface area contributed by atoms with Gasteiger partial charge in [0.25, 0.3) is 5.91 Å². The number of carbonyl (C=O) groups is 1. The Morgan fingerprint density at radius 2 is 1.81 bits per heavy atom. The molecule has 31 heavy (non-hydrogen) atoms. The molecule has 2 aromatic rings. The van der Waals surface area contributed by atoms with Crippen LogP contribution in [0.15, 0.2) is 47.4 Å². The van der Waals surface area contributed by atoms with Crippen LogP contribution in [-0.4, -0.2) is 43.4 Å². The summed E-state index contributed by atoms with van der Waals surface area (Å²) in [5.41, 5.74) is -1.59. The first-order chi connectivity index (χ1) is 14.3. The molecule has 0 aliphatic heterocycles. The Hall–Kier alpha value is -2.14. The quantitative estimate of drug-likeness (QED) is 0.633. The zero-order valence-corrected chi connectivity index (χ0v) is 18.5. The molecule has 6 nitrogen and oxygen atoms in total. The molecule has 0 heterocycles. The minimum Gasteiger partial charge on any atom is -0.387 e. The van der Waals surface area contributed by atoms with Crippen LogP contribution in [0.5, 0.6) is 0 Å². The Bertz CT molecular complexity index is 1060. The molecule has 1 atom stereocenters. The summed E-state index contributed by atoms with van der Waals surface area (Å²) in [6.07, 6.45) is -6.31. The molecule has 0 aliphatic rings. The van der Waals surface area contributed by atoms with E-state index in [1.807, 2.05) is 0 Å². The van der Waals surface area contributed by atoms with E-state index in [2.05, 4.69) is 5.32 Å². The number of nitrogens with zero attached hydrogens (tertiary/aromatic N) is 1. The van der Waals surface area contributed by atoms with Gasteiger partial charge in [0.05, 0.1) is 27.1 Å². The number of rotatable bonds is 7. The summed E-state index contributed by atoms with van der Waals surface area (Å²) in [6.45, 7) is 2.83. The fourth-order valence-corrected chi connectivity index (χ4v) is 4.32. The maximum atomic E-state index is 13.1. The number of amides is 1. The van der Waals surface area contributed by atoms with Crippen LogP contribution in [0.3, 0.4) is 0 Å². The SMILES string of the molecule is CC(C)N(C)S(=O)(=O)c1ccc(Cl)c(C(=O)NCC(O)c2ccccc2C(F)(F)F)c1. The molecule has 0 radical (unpaired) electrons. The number of aliphatic hydroxyl groups is 1. The van der Waals surface area contributed by atoms with Gasteiger partial charge in [0, 0.05) is 19.6 Å². The van der Waals surface area contributed by atoms with Crippen LogP contribution in [0.25, 0.3) is 0 Å². The number of carbonyl (C=O) groups excluding carboxylic acids is 1. The lowest BCUT2D eigenvalue weighted by Gasteiger charge is -2.21. The van der Waals surface area contributed by atoms with Gasteiger partial charge in [-0.05, 0) is 43.7 Å². The lowest BCUT2D eigenvalue weighted by atomic mass is 10.0. The summed E-state index contributed by atoms with van der Waals surface area (Å²) in [6, 6.07) is 7.72. The van der Waals surface area contributed by atoms with E-state index < -0.39 is 45.9 Å². The van der Waals surface area contributed by atoms with Crippen LogP contribution < -0.4 is 5.32 Å². The summed E-state index contributed by atoms with van der Waals surface area (Å²) in [4.78, 5) is 12.4. The van der Waals surface area contributed by atoms with Crippen molar-refractivity contribution in [2.75, 3.05) is 13.6 Å². The Morgan fingerprint density at radius 3 is 2.39 bits per heavy atom. The highest BCUT2D eigenvalue weighted by Crippen LogP contribution is 2.34. The molecule has 0 fully saturated rings. The molecule has 1 unspecified atom stereocenters. The van der Waals surface area contributed by atoms with Crippen LogP contribution in [0.4, 0.5) is 13.2 Å². The second-order valence-electron chi connectivity index (χ2n) is 7.07. The van der Waals surface area contributed by atoms with Crippen molar-refractivity contribution in [3.05, 3.63) is 64.2 Å². The molecule has 1 amide bonds. The van der Waals surface area contributed by atoms with E-state index in [-0.39, 0.29) is 21.5 Å². The molecular formula is C20H22ClF3N2O4S. The number of aliphatic hydroxyl groups excluding tert-OH is 1. The van der Waals surface area contributed by atoms with Gasteiger partial charge in [-0.25, -0.2) is 8.42 Å². The second kappa shape index (κ2) is 9.56. The average molecular weight is 479 g/mol. The maximum Gasteiger partial charge on any atom is 0.416 e. The largest absolute Gasteiger partial charge is 0.416 e. The minimum absolute atomic E-state index is 0.0474. The zero-order valence-electron chi connectivity index (χ0n) is 16.9. The highest BCUT2D eigenvalue weighted by molar-refractivity contribution is 7.89. The summed E-state index contributed by atoms with van der Waals surface area (Å²) in [7, 11) is -2.50. The van der Waals surface area contributed by atoms with Crippen molar-refractivity contribution < 1.29 is 31.5 Å². The number of nitrogens with one attached hydrogen (secondary N) is 1. The molecule has 2 N–H and O–H groups in total. The fourth-order valence-electron chi connectivity index (χ4n) is 2.72. The molecule has 11 heteroatoms. The molecule has 170 valence electrons. The van der Waals surface area contributed by atoms with Crippen molar-refractivity contribution in [1.29, 1.82) is 0 Å². The van der Waals surface area contributed by atoms with Gasteiger partial charge in [0.1, 0.15) is 0 Å². The predicted molar refractivity (Wildman–Crippen MR) is 110 cm³/mol. The summed E-state index contributed by atoms with van der Waals surface area (Å²) in [5.74, 6) is -0.835. The van der Waals surface area contributed by atoms with E-state index in [4.69, 9.17) is 11.6 Å². The third kappa shape index (κ3) is 5.76. The zero-order chi connectivity index (χ0) is 23.6. The molecule has 2 rings (SSSR count). The van der Waals surface area contributed by atoms with Crippen LogP contribution in [0, 0.1) is 0 Å². The standard InChI is InChI=1S/C20H22ClF3N2O4S/c1-12(2)26(3)31(29,30)13-8-9-17(21)15(10-13)19(28)25-11-18(27)14-6-4-5-7-16(14)20(22,23)24/h4-10,12,18,27H,11H2,1-3H3,(H,25,28). The first kappa shape index (κ1) is 25.1. The minimum atomic E-state index is -4.67. The van der Waals surface area contributed by atoms with Crippen molar-refractivity contribution in [2.24, 2.45) is 0 Å². The number of sulfonamides is 1. The average Bonchev–Trinajstić information content (AvgIpc) is 2.70. The van der Waals surface area contributed by atoms with Crippen molar-refractivity contribution in [3.63, 3.8) is 0 Å². The molecule has 2 aromatic carbocycles. The normalized spacial score (nSPS) is 13.5. The van der Waals surface area contributed by atoms with Crippen LogP contribution in [-0.2, 0) is 16.2 Å². The van der Waals surface area contributed by atoms with Gasteiger partial charge in [-0.15, -0.1) is 0 Å². The summed E-state index contributed by atoms with van der Waals surface area (Å²) < 4.78 is 65.8. The Balaban J connectivity index is 2.24. The molecule has 0 aromatic heterocycles. The topological polar surface area (TPSA) is 86.7 Å². The van der Waals surface area contributed by atoms with Crippen molar-refractivity contribution in [3.8, 4) is 0 Å². The van der Waals surface area contributed by atoms with Gasteiger partial charge in [0.15, 0.2) is 0 Å². The first-order valence-corrected chi connectivity index (χ1v) is 11.0. The van der Waals surface area contributed by atoms with Crippen molar-refractivity contribution in [2.45, 2.75) is 37.1 Å². The number of hydrogen-bond donors (Lipinski definition) is 2. The predicted octanol–water partition coefficient (Wildman–Crippen LogP) is 3.85. The Morgan fingerprint density at radius 1 is 1.19 bits per heavy atom. The van der Waals surface area contributed by atoms with E-state index in [1.165, 1.54) is 31.3 Å². The van der Waals surface area contributed by atoms with E-state index >= 15 is 0 Å². The number of halogens is 4. The molecule has 0 saturated heterocycles. The van der Waals surface area contributed by atoms with E-state index in [1.54, 1.807) is 13.8 Å². The molecule has 0 spiro atoms. The lowest BCUT2D eigenvalue weighted by molar-refractivity contribution is -0.139. The fraction of sp³-hybridized carbons (Fsp3) is 0.350. The van der Waals surface area contributed by atoms with Gasteiger partial charge < -0.3 is 10.4 Å². The maximum absolute atomic E-state index is 13.1. The van der Waals surface area contributed by atoms with Gasteiger partial charge in [-0.3, -0.25) is 4.79 Å². The van der Waals surface area contributed by atoms with E-state index in [0.717, 1.165) is 22.5 Å². The van der Waals surface area contributed by atoms with Gasteiger partial charge in [0.2, 0.25) is 10.0 Å². The highest BCUT2D eigenvalue weighted by Gasteiger charge is 2.34. The molecular weight excluding hydrogens is 457 g/mol. The van der Waals surface area contributed by atoms with Crippen LogP contribution in [0.2, 0.25) is 5.02 Å². The molecule has 0 saturated carbocycles. The number of hydrogen-bond acceptors (Lipinski definition) is 4. The van der Waals surface area contributed by atoms with Crippen molar-refractivity contribution >= 4 is 27.5 Å². The van der Waals surface area contributed by atoms with Crippen LogP contribution >= 0.6 is 11.6 Å². The monoisotopic (exact) mass is 478 g/mol. The van der Waals surface area contributed by atoms with Crippen molar-refractivity contribution in [1.82, 2.24) is 9.62 Å². The highest BCUT2D eigenvalue weighted by atomic mass is 35.5.